The number of hydrogen-bond donors (Lipinski definition) is 2. The van der Waals surface area contributed by atoms with Crippen molar-refractivity contribution in [2.45, 2.75) is 43.8 Å². The number of amides is 1. The SMILES string of the molecule is C#CC12CCC(NC(=O)c3cc(C(F)(F)F)ccc3NS(C)(=O)=O)(CC1)C2. The van der Waals surface area contributed by atoms with Gasteiger partial charge in [-0.3, -0.25) is 9.52 Å². The zero-order valence-electron chi connectivity index (χ0n) is 14.6. The first kappa shape index (κ1) is 19.5. The molecule has 3 rings (SSSR count). The van der Waals surface area contributed by atoms with Gasteiger partial charge >= 0.3 is 6.18 Å². The van der Waals surface area contributed by atoms with E-state index < -0.39 is 33.2 Å². The average molecular weight is 400 g/mol. The van der Waals surface area contributed by atoms with Crippen molar-refractivity contribution in [3.63, 3.8) is 0 Å². The molecule has 2 aliphatic rings. The minimum atomic E-state index is -4.66. The van der Waals surface area contributed by atoms with Crippen LogP contribution < -0.4 is 10.0 Å². The van der Waals surface area contributed by atoms with Crippen LogP contribution in [0.25, 0.3) is 0 Å². The monoisotopic (exact) mass is 400 g/mol. The molecule has 2 bridgehead atoms. The maximum Gasteiger partial charge on any atom is 0.416 e. The minimum absolute atomic E-state index is 0.196. The molecule has 0 aromatic heterocycles. The number of hydrogen-bond acceptors (Lipinski definition) is 3. The van der Waals surface area contributed by atoms with E-state index in [0.29, 0.717) is 25.3 Å². The molecule has 5 nitrogen and oxygen atoms in total. The predicted octanol–water partition coefficient (Wildman–Crippen LogP) is 3.14. The lowest BCUT2D eigenvalue weighted by Gasteiger charge is -2.28. The Morgan fingerprint density at radius 3 is 2.33 bits per heavy atom. The topological polar surface area (TPSA) is 75.3 Å². The second-order valence-electron chi connectivity index (χ2n) is 7.47. The quantitative estimate of drug-likeness (QED) is 0.763. The Morgan fingerprint density at radius 1 is 1.22 bits per heavy atom. The number of terminal acetylenes is 1. The number of carbonyl (C=O) groups excluding carboxylic acids is 1. The summed E-state index contributed by atoms with van der Waals surface area (Å²) in [6.45, 7) is 0. The first-order valence-electron chi connectivity index (χ1n) is 8.36. The molecule has 0 spiro atoms. The number of benzene rings is 1. The molecule has 0 heterocycles. The van der Waals surface area contributed by atoms with Gasteiger partial charge in [0.2, 0.25) is 10.0 Å². The number of anilines is 1. The van der Waals surface area contributed by atoms with Gasteiger partial charge in [0.1, 0.15) is 0 Å². The summed E-state index contributed by atoms with van der Waals surface area (Å²) in [6, 6.07) is 2.35. The summed E-state index contributed by atoms with van der Waals surface area (Å²) < 4.78 is 64.3. The number of halogens is 3. The molecule has 2 aliphatic carbocycles. The van der Waals surface area contributed by atoms with E-state index in [4.69, 9.17) is 6.42 Å². The number of alkyl halides is 3. The highest BCUT2D eigenvalue weighted by Gasteiger charge is 2.54. The van der Waals surface area contributed by atoms with Gasteiger partial charge in [-0.2, -0.15) is 13.2 Å². The van der Waals surface area contributed by atoms with Gasteiger partial charge in [0, 0.05) is 11.0 Å². The van der Waals surface area contributed by atoms with Gasteiger partial charge in [-0.25, -0.2) is 8.42 Å². The molecule has 0 radical (unpaired) electrons. The molecule has 0 saturated heterocycles. The van der Waals surface area contributed by atoms with Crippen LogP contribution in [0.2, 0.25) is 0 Å². The molecule has 1 amide bonds. The molecule has 2 saturated carbocycles. The lowest BCUT2D eigenvalue weighted by molar-refractivity contribution is -0.137. The van der Waals surface area contributed by atoms with E-state index in [-0.39, 0.29) is 16.7 Å². The Hall–Kier alpha value is -2.21. The molecule has 2 fully saturated rings. The van der Waals surface area contributed by atoms with Crippen molar-refractivity contribution in [1.82, 2.24) is 5.32 Å². The van der Waals surface area contributed by atoms with Crippen LogP contribution in [0.4, 0.5) is 18.9 Å². The van der Waals surface area contributed by atoms with Crippen molar-refractivity contribution in [1.29, 1.82) is 0 Å². The smallest absolute Gasteiger partial charge is 0.346 e. The van der Waals surface area contributed by atoms with Crippen LogP contribution in [0.3, 0.4) is 0 Å². The van der Waals surface area contributed by atoms with Crippen molar-refractivity contribution in [3.05, 3.63) is 29.3 Å². The van der Waals surface area contributed by atoms with E-state index in [2.05, 4.69) is 16.0 Å². The molecule has 1 aromatic carbocycles. The summed E-state index contributed by atoms with van der Waals surface area (Å²) >= 11 is 0. The highest BCUT2D eigenvalue weighted by Crippen LogP contribution is 2.56. The third-order valence-electron chi connectivity index (χ3n) is 5.41. The van der Waals surface area contributed by atoms with Crippen LogP contribution >= 0.6 is 0 Å². The molecular weight excluding hydrogens is 381 g/mol. The fraction of sp³-hybridized carbons (Fsp3) is 0.500. The van der Waals surface area contributed by atoms with Crippen molar-refractivity contribution in [2.75, 3.05) is 11.0 Å². The third kappa shape index (κ3) is 3.90. The predicted molar refractivity (Wildman–Crippen MR) is 94.5 cm³/mol. The zero-order valence-corrected chi connectivity index (χ0v) is 15.4. The largest absolute Gasteiger partial charge is 0.416 e. The Bertz CT molecular complexity index is 924. The molecule has 146 valence electrons. The second kappa shape index (κ2) is 6.16. The van der Waals surface area contributed by atoms with E-state index in [1.807, 2.05) is 0 Å². The highest BCUT2D eigenvalue weighted by atomic mass is 32.2. The van der Waals surface area contributed by atoms with Gasteiger partial charge in [0.05, 0.1) is 23.1 Å². The van der Waals surface area contributed by atoms with Gasteiger partial charge in [-0.05, 0) is 50.3 Å². The van der Waals surface area contributed by atoms with Crippen molar-refractivity contribution < 1.29 is 26.4 Å². The number of carbonyl (C=O) groups is 1. The Balaban J connectivity index is 1.94. The minimum Gasteiger partial charge on any atom is -0.346 e. The van der Waals surface area contributed by atoms with E-state index in [0.717, 1.165) is 31.2 Å². The molecule has 1 aromatic rings. The molecular formula is C18H19F3N2O3S. The van der Waals surface area contributed by atoms with E-state index >= 15 is 0 Å². The number of nitrogens with one attached hydrogen (secondary N) is 2. The third-order valence-corrected chi connectivity index (χ3v) is 6.00. The van der Waals surface area contributed by atoms with Crippen molar-refractivity contribution in [3.8, 4) is 12.3 Å². The van der Waals surface area contributed by atoms with Crippen LogP contribution in [0, 0.1) is 17.8 Å². The summed E-state index contributed by atoms with van der Waals surface area (Å²) in [5.74, 6) is 2.04. The Kier molecular flexibility index (Phi) is 4.46. The molecule has 0 unspecified atom stereocenters. The highest BCUT2D eigenvalue weighted by molar-refractivity contribution is 7.92. The van der Waals surface area contributed by atoms with Crippen LogP contribution in [-0.4, -0.2) is 26.1 Å². The molecule has 2 N–H and O–H groups in total. The number of sulfonamides is 1. The van der Waals surface area contributed by atoms with Crippen LogP contribution in [0.1, 0.15) is 48.0 Å². The fourth-order valence-corrected chi connectivity index (χ4v) is 4.66. The Morgan fingerprint density at radius 2 is 1.85 bits per heavy atom. The van der Waals surface area contributed by atoms with Crippen LogP contribution in [0.5, 0.6) is 0 Å². The number of rotatable bonds is 4. The summed E-state index contributed by atoms with van der Waals surface area (Å²) in [5, 5.41) is 2.83. The lowest BCUT2D eigenvalue weighted by atomic mass is 9.85. The summed E-state index contributed by atoms with van der Waals surface area (Å²) in [6.07, 6.45) is 5.19. The summed E-state index contributed by atoms with van der Waals surface area (Å²) in [5.41, 5.74) is -2.41. The summed E-state index contributed by atoms with van der Waals surface area (Å²) in [4.78, 5) is 12.8. The molecule has 9 heteroatoms. The first-order chi connectivity index (χ1) is 12.4. The standard InChI is InChI=1S/C18H19F3N2O3S/c1-3-16-6-8-17(11-16,9-7-16)22-15(24)13-10-12(18(19,20)21)4-5-14(13)23-27(2,25)26/h1,4-5,10,23H,6-9,11H2,2H3,(H,22,24). The number of fused-ring (bicyclic) bond motifs is 2. The van der Waals surface area contributed by atoms with Gasteiger partial charge in [-0.1, -0.05) is 5.92 Å². The van der Waals surface area contributed by atoms with E-state index in [1.54, 1.807) is 0 Å². The zero-order chi connectivity index (χ0) is 20.1. The first-order valence-corrected chi connectivity index (χ1v) is 10.3. The maximum atomic E-state index is 13.1. The van der Waals surface area contributed by atoms with Gasteiger partial charge in [0.15, 0.2) is 0 Å². The van der Waals surface area contributed by atoms with Gasteiger partial charge < -0.3 is 5.32 Å². The molecule has 27 heavy (non-hydrogen) atoms. The van der Waals surface area contributed by atoms with E-state index in [9.17, 15) is 26.4 Å². The molecule has 0 atom stereocenters. The Labute approximate surface area is 155 Å². The molecule has 0 aliphatic heterocycles. The average Bonchev–Trinajstić information content (AvgIpc) is 3.09. The van der Waals surface area contributed by atoms with Crippen LogP contribution in [-0.2, 0) is 16.2 Å². The van der Waals surface area contributed by atoms with Crippen molar-refractivity contribution in [2.24, 2.45) is 5.41 Å². The van der Waals surface area contributed by atoms with E-state index in [1.165, 1.54) is 0 Å². The summed E-state index contributed by atoms with van der Waals surface area (Å²) in [7, 11) is -3.77. The van der Waals surface area contributed by atoms with Gasteiger partial charge in [0.25, 0.3) is 5.91 Å². The second-order valence-corrected chi connectivity index (χ2v) is 9.22. The lowest BCUT2D eigenvalue weighted by Crippen LogP contribution is -2.45. The van der Waals surface area contributed by atoms with Crippen LogP contribution in [0.15, 0.2) is 18.2 Å². The fourth-order valence-electron chi connectivity index (χ4n) is 4.08. The normalized spacial score (nSPS) is 27.2. The van der Waals surface area contributed by atoms with Crippen molar-refractivity contribution >= 4 is 21.6 Å². The van der Waals surface area contributed by atoms with Gasteiger partial charge in [-0.15, -0.1) is 6.42 Å². The maximum absolute atomic E-state index is 13.1.